The third-order valence-corrected chi connectivity index (χ3v) is 3.58. The highest BCUT2D eigenvalue weighted by atomic mass is 35.5. The van der Waals surface area contributed by atoms with Crippen LogP contribution in [0.15, 0.2) is 23.7 Å². The number of nitrogens with zero attached hydrogens (tertiary/aromatic N) is 1. The van der Waals surface area contributed by atoms with Gasteiger partial charge in [0.25, 0.3) is 5.91 Å². The zero-order chi connectivity index (χ0) is 13.1. The first-order chi connectivity index (χ1) is 8.61. The monoisotopic (exact) mass is 282 g/mol. The molecule has 94 valence electrons. The van der Waals surface area contributed by atoms with E-state index in [1.165, 1.54) is 11.3 Å². The lowest BCUT2D eigenvalue weighted by Crippen LogP contribution is -2.12. The first-order valence-corrected chi connectivity index (χ1v) is 6.42. The third kappa shape index (κ3) is 2.63. The van der Waals surface area contributed by atoms with Crippen molar-refractivity contribution in [2.45, 2.75) is 6.92 Å². The van der Waals surface area contributed by atoms with E-state index in [4.69, 9.17) is 16.3 Å². The summed E-state index contributed by atoms with van der Waals surface area (Å²) in [5.41, 5.74) is 1.41. The molecule has 1 amide bonds. The summed E-state index contributed by atoms with van der Waals surface area (Å²) in [7, 11) is 1.56. The maximum atomic E-state index is 12.0. The van der Waals surface area contributed by atoms with Crippen molar-refractivity contribution in [2.24, 2.45) is 0 Å². The number of aromatic nitrogens is 1. The number of pyridine rings is 1. The van der Waals surface area contributed by atoms with Crippen LogP contribution in [0.1, 0.15) is 15.2 Å². The fourth-order valence-electron chi connectivity index (χ4n) is 1.40. The lowest BCUT2D eigenvalue weighted by Gasteiger charge is -2.08. The van der Waals surface area contributed by atoms with Gasteiger partial charge in [-0.3, -0.25) is 4.79 Å². The average molecular weight is 283 g/mol. The van der Waals surface area contributed by atoms with Gasteiger partial charge in [-0.2, -0.15) is 0 Å². The van der Waals surface area contributed by atoms with Gasteiger partial charge in [-0.15, -0.1) is 11.3 Å². The van der Waals surface area contributed by atoms with Crippen LogP contribution in [-0.4, -0.2) is 18.0 Å². The number of aryl methyl sites for hydroxylation is 1. The molecule has 6 heteroatoms. The molecule has 18 heavy (non-hydrogen) atoms. The Balaban J connectivity index is 2.21. The minimum Gasteiger partial charge on any atom is -0.496 e. The van der Waals surface area contributed by atoms with Crippen molar-refractivity contribution in [3.63, 3.8) is 0 Å². The zero-order valence-electron chi connectivity index (χ0n) is 9.86. The van der Waals surface area contributed by atoms with Crippen LogP contribution in [0.2, 0.25) is 5.15 Å². The second-order valence-electron chi connectivity index (χ2n) is 3.60. The molecule has 2 aromatic rings. The molecule has 0 bridgehead atoms. The van der Waals surface area contributed by atoms with E-state index >= 15 is 0 Å². The number of carbonyl (C=O) groups is 1. The molecule has 0 aliphatic carbocycles. The van der Waals surface area contributed by atoms with Gasteiger partial charge in [-0.25, -0.2) is 4.98 Å². The minimum absolute atomic E-state index is 0.221. The summed E-state index contributed by atoms with van der Waals surface area (Å²) in [6, 6.07) is 3.47. The highest BCUT2D eigenvalue weighted by Crippen LogP contribution is 2.26. The Hall–Kier alpha value is -1.59. The smallest absolute Gasteiger partial charge is 0.265 e. The number of methoxy groups -OCH3 is 1. The van der Waals surface area contributed by atoms with Crippen molar-refractivity contribution in [3.8, 4) is 5.75 Å². The fraction of sp³-hybridized carbons (Fsp3) is 0.167. The van der Waals surface area contributed by atoms with Crippen molar-refractivity contribution >= 4 is 34.5 Å². The van der Waals surface area contributed by atoms with Gasteiger partial charge >= 0.3 is 0 Å². The Morgan fingerprint density at radius 2 is 2.33 bits per heavy atom. The van der Waals surface area contributed by atoms with E-state index in [-0.39, 0.29) is 11.1 Å². The Bertz CT molecular complexity index is 563. The van der Waals surface area contributed by atoms with Gasteiger partial charge in [0.15, 0.2) is 5.15 Å². The second kappa shape index (κ2) is 5.37. The number of halogens is 1. The van der Waals surface area contributed by atoms with E-state index in [0.717, 1.165) is 5.56 Å². The van der Waals surface area contributed by atoms with Gasteiger partial charge < -0.3 is 10.1 Å². The molecule has 0 atom stereocenters. The van der Waals surface area contributed by atoms with E-state index in [0.29, 0.717) is 16.3 Å². The highest BCUT2D eigenvalue weighted by Gasteiger charge is 2.13. The van der Waals surface area contributed by atoms with Gasteiger partial charge in [-0.1, -0.05) is 11.6 Å². The standard InChI is InChI=1S/C12H11ClN2O2S/c1-7-3-4-14-11(13)10(7)15-12(16)9-5-8(17-2)6-18-9/h3-6H,1-2H3,(H,15,16). The van der Waals surface area contributed by atoms with Crippen LogP contribution < -0.4 is 10.1 Å². The first-order valence-electron chi connectivity index (χ1n) is 5.17. The second-order valence-corrected chi connectivity index (χ2v) is 4.87. The van der Waals surface area contributed by atoms with E-state index in [9.17, 15) is 4.79 Å². The number of nitrogens with one attached hydrogen (secondary N) is 1. The Kier molecular flexibility index (Phi) is 3.84. The molecule has 0 spiro atoms. The third-order valence-electron chi connectivity index (χ3n) is 2.39. The van der Waals surface area contributed by atoms with Crippen molar-refractivity contribution in [2.75, 3.05) is 12.4 Å². The van der Waals surface area contributed by atoms with Gasteiger partial charge in [-0.05, 0) is 18.6 Å². The van der Waals surface area contributed by atoms with Crippen molar-refractivity contribution in [3.05, 3.63) is 39.3 Å². The van der Waals surface area contributed by atoms with Gasteiger partial charge in [0.1, 0.15) is 5.75 Å². The maximum absolute atomic E-state index is 12.0. The van der Waals surface area contributed by atoms with Crippen LogP contribution in [-0.2, 0) is 0 Å². The number of carbonyl (C=O) groups excluding carboxylic acids is 1. The molecule has 0 saturated heterocycles. The van der Waals surface area contributed by atoms with E-state index < -0.39 is 0 Å². The van der Waals surface area contributed by atoms with Crippen LogP contribution in [0.4, 0.5) is 5.69 Å². The van der Waals surface area contributed by atoms with Crippen LogP contribution in [0.3, 0.4) is 0 Å². The normalized spacial score (nSPS) is 10.2. The van der Waals surface area contributed by atoms with Crippen molar-refractivity contribution in [1.29, 1.82) is 0 Å². The van der Waals surface area contributed by atoms with Crippen LogP contribution in [0, 0.1) is 6.92 Å². The predicted octanol–water partition coefficient (Wildman–Crippen LogP) is 3.37. The molecule has 0 saturated carbocycles. The summed E-state index contributed by atoms with van der Waals surface area (Å²) in [6.45, 7) is 1.86. The quantitative estimate of drug-likeness (QED) is 0.878. The molecule has 1 N–H and O–H groups in total. The van der Waals surface area contributed by atoms with E-state index in [1.54, 1.807) is 30.8 Å². The molecule has 0 aliphatic heterocycles. The molecule has 4 nitrogen and oxygen atoms in total. The lowest BCUT2D eigenvalue weighted by atomic mass is 10.2. The topological polar surface area (TPSA) is 51.2 Å². The summed E-state index contributed by atoms with van der Waals surface area (Å²) in [5.74, 6) is 0.445. The zero-order valence-corrected chi connectivity index (χ0v) is 11.4. The number of hydrogen-bond donors (Lipinski definition) is 1. The molecule has 0 fully saturated rings. The van der Waals surface area contributed by atoms with Gasteiger partial charge in [0.2, 0.25) is 0 Å². The molecule has 2 heterocycles. The van der Waals surface area contributed by atoms with E-state index in [2.05, 4.69) is 10.3 Å². The number of amides is 1. The van der Waals surface area contributed by atoms with Crippen molar-refractivity contribution < 1.29 is 9.53 Å². The van der Waals surface area contributed by atoms with Crippen LogP contribution >= 0.6 is 22.9 Å². The predicted molar refractivity (Wildman–Crippen MR) is 72.8 cm³/mol. The van der Waals surface area contributed by atoms with Crippen molar-refractivity contribution in [1.82, 2.24) is 4.98 Å². The molecule has 0 aromatic carbocycles. The van der Waals surface area contributed by atoms with Gasteiger partial charge in [0, 0.05) is 17.6 Å². The SMILES string of the molecule is COc1csc(C(=O)Nc2c(C)ccnc2Cl)c1. The summed E-state index contributed by atoms with van der Waals surface area (Å²) in [5, 5.41) is 4.81. The summed E-state index contributed by atoms with van der Waals surface area (Å²) >= 11 is 7.26. The number of thiophene rings is 1. The number of rotatable bonds is 3. The first kappa shape index (κ1) is 12.9. The molecule has 2 rings (SSSR count). The molecule has 2 aromatic heterocycles. The highest BCUT2D eigenvalue weighted by molar-refractivity contribution is 7.12. The number of hydrogen-bond acceptors (Lipinski definition) is 4. The molecular formula is C12H11ClN2O2S. The summed E-state index contributed by atoms with van der Waals surface area (Å²) < 4.78 is 5.03. The average Bonchev–Trinajstić information content (AvgIpc) is 2.82. The minimum atomic E-state index is -0.221. The van der Waals surface area contributed by atoms with Crippen LogP contribution in [0.25, 0.3) is 0 Å². The fourth-order valence-corrected chi connectivity index (χ4v) is 2.40. The Labute approximate surface area is 114 Å². The molecular weight excluding hydrogens is 272 g/mol. The number of anilines is 1. The summed E-state index contributed by atoms with van der Waals surface area (Å²) in [6.07, 6.45) is 1.60. The Morgan fingerprint density at radius 1 is 1.56 bits per heavy atom. The van der Waals surface area contributed by atoms with E-state index in [1.807, 2.05) is 6.92 Å². The lowest BCUT2D eigenvalue weighted by molar-refractivity contribution is 0.103. The Morgan fingerprint density at radius 3 is 2.94 bits per heavy atom. The molecule has 0 unspecified atom stereocenters. The van der Waals surface area contributed by atoms with Crippen LogP contribution in [0.5, 0.6) is 5.75 Å². The molecule has 0 radical (unpaired) electrons. The summed E-state index contributed by atoms with van der Waals surface area (Å²) in [4.78, 5) is 16.5. The maximum Gasteiger partial charge on any atom is 0.265 e. The molecule has 0 aliphatic rings. The number of ether oxygens (including phenoxy) is 1. The largest absolute Gasteiger partial charge is 0.496 e. The van der Waals surface area contributed by atoms with Gasteiger partial charge in [0.05, 0.1) is 17.7 Å².